The number of amides is 1. The number of carbonyl (C=O) groups is 1. The zero-order valence-corrected chi connectivity index (χ0v) is 17.9. The molecule has 1 aliphatic rings. The zero-order valence-electron chi connectivity index (χ0n) is 17.9. The van der Waals surface area contributed by atoms with Gasteiger partial charge < -0.3 is 15.0 Å². The van der Waals surface area contributed by atoms with E-state index in [1.807, 2.05) is 50.1 Å². The van der Waals surface area contributed by atoms with Crippen LogP contribution in [0.3, 0.4) is 0 Å². The van der Waals surface area contributed by atoms with Crippen molar-refractivity contribution in [1.29, 1.82) is 0 Å². The number of pyridine rings is 2. The van der Waals surface area contributed by atoms with E-state index in [9.17, 15) is 9.18 Å². The van der Waals surface area contributed by atoms with Crippen molar-refractivity contribution in [1.82, 2.24) is 9.97 Å². The quantitative estimate of drug-likeness (QED) is 0.609. The molecule has 0 bridgehead atoms. The fourth-order valence-corrected chi connectivity index (χ4v) is 3.58. The van der Waals surface area contributed by atoms with Gasteiger partial charge >= 0.3 is 0 Å². The second kappa shape index (κ2) is 8.71. The summed E-state index contributed by atoms with van der Waals surface area (Å²) in [4.78, 5) is 22.4. The molecule has 1 amide bonds. The molecule has 0 spiro atoms. The minimum absolute atomic E-state index is 0.00866. The van der Waals surface area contributed by atoms with E-state index in [2.05, 4.69) is 21.4 Å². The zero-order chi connectivity index (χ0) is 22.0. The number of carbonyl (C=O) groups excluding carboxylic acids is 1. The lowest BCUT2D eigenvalue weighted by molar-refractivity contribution is -0.117. The largest absolute Gasteiger partial charge is 0.489 e. The van der Waals surface area contributed by atoms with Crippen molar-refractivity contribution >= 4 is 17.3 Å². The molecule has 0 saturated carbocycles. The summed E-state index contributed by atoms with van der Waals surface area (Å²) in [7, 11) is 1.94. The summed E-state index contributed by atoms with van der Waals surface area (Å²) in [6, 6.07) is 12.8. The molecule has 6 nitrogen and oxygen atoms in total. The molecule has 2 aromatic heterocycles. The maximum Gasteiger partial charge on any atom is 0.246 e. The number of aromatic nitrogens is 2. The van der Waals surface area contributed by atoms with Gasteiger partial charge in [0.15, 0.2) is 0 Å². The first-order chi connectivity index (χ1) is 14.9. The maximum absolute atomic E-state index is 12.9. The van der Waals surface area contributed by atoms with Gasteiger partial charge in [-0.15, -0.1) is 0 Å². The van der Waals surface area contributed by atoms with Crippen molar-refractivity contribution < 1.29 is 13.9 Å². The van der Waals surface area contributed by atoms with Crippen molar-refractivity contribution in [3.05, 3.63) is 77.1 Å². The summed E-state index contributed by atoms with van der Waals surface area (Å²) in [6.45, 7) is 4.16. The molecule has 0 fully saturated rings. The normalized spacial score (nSPS) is 15.4. The number of likely N-dealkylation sites (N-methyl/N-ethyl adjacent to an activating group) is 1. The lowest BCUT2D eigenvalue weighted by Gasteiger charge is -2.34. The van der Waals surface area contributed by atoms with Crippen molar-refractivity contribution in [2.24, 2.45) is 0 Å². The van der Waals surface area contributed by atoms with Crippen LogP contribution < -0.4 is 15.0 Å². The highest BCUT2D eigenvalue weighted by Gasteiger charge is 2.28. The Morgan fingerprint density at radius 3 is 2.58 bits per heavy atom. The van der Waals surface area contributed by atoms with E-state index in [1.54, 1.807) is 6.07 Å². The first-order valence-corrected chi connectivity index (χ1v) is 10.3. The predicted molar refractivity (Wildman–Crippen MR) is 118 cm³/mol. The highest BCUT2D eigenvalue weighted by atomic mass is 19.1. The van der Waals surface area contributed by atoms with Gasteiger partial charge in [0.25, 0.3) is 0 Å². The third-order valence-corrected chi connectivity index (χ3v) is 5.61. The number of nitrogens with one attached hydrogen (secondary N) is 1. The number of hydrogen-bond donors (Lipinski definition) is 1. The number of aryl methyl sites for hydroxylation is 3. The molecule has 31 heavy (non-hydrogen) atoms. The SMILES string of the molecule is Cc1nc(CCc2ccc(OCc3ccc(F)nc3)cc2)cc2c1NC(=O)[C@H](C)N2C. The van der Waals surface area contributed by atoms with Crippen LogP contribution in [0, 0.1) is 12.9 Å². The van der Waals surface area contributed by atoms with E-state index < -0.39 is 5.95 Å². The first kappa shape index (κ1) is 20.8. The van der Waals surface area contributed by atoms with Crippen molar-refractivity contribution in [2.45, 2.75) is 39.3 Å². The lowest BCUT2D eigenvalue weighted by atomic mass is 10.0. The fraction of sp³-hybridized carbons (Fsp3) is 0.292. The molecule has 0 saturated heterocycles. The Morgan fingerprint density at radius 2 is 1.87 bits per heavy atom. The van der Waals surface area contributed by atoms with Crippen LogP contribution in [0.25, 0.3) is 0 Å². The van der Waals surface area contributed by atoms with Crippen molar-refractivity contribution in [3.63, 3.8) is 0 Å². The number of benzene rings is 1. The molecule has 1 aromatic carbocycles. The predicted octanol–water partition coefficient (Wildman–Crippen LogP) is 4.07. The molecular formula is C24H25FN4O2. The average Bonchev–Trinajstić information content (AvgIpc) is 2.77. The van der Waals surface area contributed by atoms with Gasteiger partial charge in [-0.3, -0.25) is 9.78 Å². The standard InChI is InChI=1S/C24H25FN4O2/c1-15-23-21(29(3)16(2)24(30)28-23)12-19(27-15)8-4-17-5-9-20(10-6-17)31-14-18-7-11-22(25)26-13-18/h5-7,9-13,16H,4,8,14H2,1-3H3,(H,28,30)/t16-/m0/s1. The molecule has 1 atom stereocenters. The monoisotopic (exact) mass is 420 g/mol. The van der Waals surface area contributed by atoms with Gasteiger partial charge in [-0.2, -0.15) is 4.39 Å². The van der Waals surface area contributed by atoms with Gasteiger partial charge in [0.2, 0.25) is 11.9 Å². The van der Waals surface area contributed by atoms with Crippen LogP contribution in [0.15, 0.2) is 48.7 Å². The van der Waals surface area contributed by atoms with E-state index in [4.69, 9.17) is 4.74 Å². The number of anilines is 2. The Balaban J connectivity index is 1.38. The van der Waals surface area contributed by atoms with Crippen LogP contribution in [-0.4, -0.2) is 29.0 Å². The minimum Gasteiger partial charge on any atom is -0.489 e. The van der Waals surface area contributed by atoms with Crippen LogP contribution in [0.5, 0.6) is 5.75 Å². The number of ether oxygens (including phenoxy) is 1. The second-order valence-electron chi connectivity index (χ2n) is 7.79. The maximum atomic E-state index is 12.9. The average molecular weight is 420 g/mol. The van der Waals surface area contributed by atoms with E-state index in [0.717, 1.165) is 46.9 Å². The third-order valence-electron chi connectivity index (χ3n) is 5.61. The van der Waals surface area contributed by atoms with Crippen LogP contribution in [0.2, 0.25) is 0 Å². The number of halogens is 1. The van der Waals surface area contributed by atoms with E-state index in [1.165, 1.54) is 17.8 Å². The molecule has 0 radical (unpaired) electrons. The fourth-order valence-electron chi connectivity index (χ4n) is 3.58. The van der Waals surface area contributed by atoms with Crippen molar-refractivity contribution in [3.8, 4) is 5.75 Å². The van der Waals surface area contributed by atoms with Gasteiger partial charge in [0, 0.05) is 24.5 Å². The Kier molecular flexibility index (Phi) is 5.84. The molecule has 1 aliphatic heterocycles. The van der Waals surface area contributed by atoms with E-state index in [-0.39, 0.29) is 11.9 Å². The number of hydrogen-bond acceptors (Lipinski definition) is 5. The molecular weight excluding hydrogens is 395 g/mol. The van der Waals surface area contributed by atoms with Crippen LogP contribution in [0.4, 0.5) is 15.8 Å². The molecule has 160 valence electrons. The van der Waals surface area contributed by atoms with Crippen LogP contribution in [0.1, 0.15) is 29.4 Å². The highest BCUT2D eigenvalue weighted by Crippen LogP contribution is 2.33. The molecule has 3 aromatic rings. The number of fused-ring (bicyclic) bond motifs is 1. The van der Waals surface area contributed by atoms with E-state index >= 15 is 0 Å². The first-order valence-electron chi connectivity index (χ1n) is 10.3. The van der Waals surface area contributed by atoms with Crippen molar-refractivity contribution in [2.75, 3.05) is 17.3 Å². The van der Waals surface area contributed by atoms with Gasteiger partial charge in [0.1, 0.15) is 18.4 Å². The summed E-state index contributed by atoms with van der Waals surface area (Å²) >= 11 is 0. The van der Waals surface area contributed by atoms with Gasteiger partial charge in [-0.05, 0) is 62.6 Å². The molecule has 0 aliphatic carbocycles. The number of rotatable bonds is 6. The lowest BCUT2D eigenvalue weighted by Crippen LogP contribution is -2.44. The summed E-state index contributed by atoms with van der Waals surface area (Å²) < 4.78 is 18.6. The summed E-state index contributed by atoms with van der Waals surface area (Å²) in [5.74, 6) is 0.246. The van der Waals surface area contributed by atoms with Crippen LogP contribution >= 0.6 is 0 Å². The summed E-state index contributed by atoms with van der Waals surface area (Å²) in [5.41, 5.74) is 5.63. The topological polar surface area (TPSA) is 67.4 Å². The molecule has 4 rings (SSSR count). The van der Waals surface area contributed by atoms with Gasteiger partial charge in [0.05, 0.1) is 17.1 Å². The van der Waals surface area contributed by atoms with Crippen LogP contribution in [-0.2, 0) is 24.2 Å². The molecule has 3 heterocycles. The minimum atomic E-state index is -0.498. The Hall–Kier alpha value is -3.48. The van der Waals surface area contributed by atoms with Gasteiger partial charge in [-0.25, -0.2) is 4.98 Å². The highest BCUT2D eigenvalue weighted by molar-refractivity contribution is 6.03. The Labute approximate surface area is 181 Å². The second-order valence-corrected chi connectivity index (χ2v) is 7.79. The molecule has 1 N–H and O–H groups in total. The Bertz CT molecular complexity index is 1080. The summed E-state index contributed by atoms with van der Waals surface area (Å²) in [5, 5.41) is 2.96. The van der Waals surface area contributed by atoms with E-state index in [0.29, 0.717) is 6.61 Å². The third kappa shape index (κ3) is 4.66. The van der Waals surface area contributed by atoms with Gasteiger partial charge in [-0.1, -0.05) is 12.1 Å². The smallest absolute Gasteiger partial charge is 0.246 e. The summed E-state index contributed by atoms with van der Waals surface area (Å²) in [6.07, 6.45) is 3.12. The molecule has 7 heteroatoms. The number of nitrogens with zero attached hydrogens (tertiary/aromatic N) is 3. The molecule has 0 unspecified atom stereocenters. The Morgan fingerprint density at radius 1 is 1.13 bits per heavy atom.